The molecule has 172 valence electrons. The maximum absolute atomic E-state index is 13.4. The zero-order chi connectivity index (χ0) is 22.0. The molecule has 1 amide bonds. The molecule has 3 aromatic rings. The number of carbonyl (C=O) groups is 1. The number of hydrogen-bond donors (Lipinski definition) is 0. The highest BCUT2D eigenvalue weighted by atomic mass is 35.5. The third-order valence-electron chi connectivity index (χ3n) is 5.29. The van der Waals surface area contributed by atoms with Gasteiger partial charge < -0.3 is 4.74 Å². The number of carbonyl (C=O) groups excluding carboxylic acids is 1. The summed E-state index contributed by atoms with van der Waals surface area (Å²) in [7, 11) is -3.43. The van der Waals surface area contributed by atoms with Crippen LogP contribution < -0.4 is 4.90 Å². The average Bonchev–Trinajstić information content (AvgIpc) is 3.18. The van der Waals surface area contributed by atoms with Crippen LogP contribution in [-0.2, 0) is 14.6 Å². The van der Waals surface area contributed by atoms with Gasteiger partial charge in [-0.25, -0.2) is 13.4 Å². The van der Waals surface area contributed by atoms with Crippen LogP contribution in [0, 0.1) is 6.92 Å². The number of ether oxygens (including phenoxy) is 1. The molecule has 2 aromatic carbocycles. The van der Waals surface area contributed by atoms with Gasteiger partial charge in [-0.15, -0.1) is 12.4 Å². The second-order valence-electron chi connectivity index (χ2n) is 7.65. The first-order chi connectivity index (χ1) is 14.8. The third kappa shape index (κ3) is 5.47. The number of aryl methyl sites for hydroxylation is 1. The van der Waals surface area contributed by atoms with Crippen molar-refractivity contribution in [1.29, 1.82) is 0 Å². The van der Waals surface area contributed by atoms with E-state index in [0.717, 1.165) is 23.4 Å². The summed E-state index contributed by atoms with van der Waals surface area (Å²) in [5.41, 5.74) is 2.07. The molecule has 0 N–H and O–H groups in total. The molecule has 0 saturated carbocycles. The average molecular weight is 496 g/mol. The van der Waals surface area contributed by atoms with Gasteiger partial charge in [-0.3, -0.25) is 14.6 Å². The van der Waals surface area contributed by atoms with Gasteiger partial charge in [0.25, 0.3) is 5.91 Å². The van der Waals surface area contributed by atoms with Gasteiger partial charge in [0, 0.05) is 38.0 Å². The number of morpholine rings is 1. The molecule has 0 aliphatic carbocycles. The molecule has 2 heterocycles. The number of rotatable bonds is 6. The first-order valence-corrected chi connectivity index (χ1v) is 12.8. The van der Waals surface area contributed by atoms with Crippen LogP contribution in [0.5, 0.6) is 0 Å². The van der Waals surface area contributed by atoms with Crippen molar-refractivity contribution in [3.63, 3.8) is 0 Å². The third-order valence-corrected chi connectivity index (χ3v) is 7.46. The Hall–Kier alpha value is -2.04. The van der Waals surface area contributed by atoms with Gasteiger partial charge in [0.05, 0.1) is 22.8 Å². The van der Waals surface area contributed by atoms with Gasteiger partial charge in [0.1, 0.15) is 5.52 Å². The van der Waals surface area contributed by atoms with E-state index in [1.54, 1.807) is 17.0 Å². The first kappa shape index (κ1) is 24.6. The molecular weight excluding hydrogens is 470 g/mol. The number of benzene rings is 2. The maximum atomic E-state index is 13.4. The maximum Gasteiger partial charge on any atom is 0.260 e. The Labute approximate surface area is 198 Å². The number of anilines is 1. The molecule has 0 radical (unpaired) electrons. The highest BCUT2D eigenvalue weighted by Crippen LogP contribution is 2.33. The number of thiazole rings is 1. The Bertz CT molecular complexity index is 1190. The van der Waals surface area contributed by atoms with Gasteiger partial charge in [0.15, 0.2) is 15.0 Å². The molecule has 1 aliphatic heterocycles. The fourth-order valence-corrected chi connectivity index (χ4v) is 5.44. The minimum absolute atomic E-state index is 0. The lowest BCUT2D eigenvalue weighted by Crippen LogP contribution is -2.43. The lowest BCUT2D eigenvalue weighted by molar-refractivity contribution is 0.0391. The van der Waals surface area contributed by atoms with Crippen molar-refractivity contribution >= 4 is 54.8 Å². The number of sulfone groups is 1. The first-order valence-electron chi connectivity index (χ1n) is 10.1. The normalized spacial score (nSPS) is 14.8. The summed E-state index contributed by atoms with van der Waals surface area (Å²) in [4.78, 5) is 22.1. The van der Waals surface area contributed by atoms with Gasteiger partial charge in [0.2, 0.25) is 0 Å². The minimum atomic E-state index is -3.43. The molecule has 0 atom stereocenters. The van der Waals surface area contributed by atoms with Crippen molar-refractivity contribution in [2.24, 2.45) is 0 Å². The van der Waals surface area contributed by atoms with E-state index < -0.39 is 9.84 Å². The second kappa shape index (κ2) is 10.3. The van der Waals surface area contributed by atoms with Crippen LogP contribution >= 0.6 is 23.7 Å². The van der Waals surface area contributed by atoms with Crippen LogP contribution in [0.15, 0.2) is 47.4 Å². The van der Waals surface area contributed by atoms with Crippen molar-refractivity contribution in [1.82, 2.24) is 9.88 Å². The lowest BCUT2D eigenvalue weighted by Gasteiger charge is -2.29. The molecule has 1 aromatic heterocycles. The van der Waals surface area contributed by atoms with Gasteiger partial charge >= 0.3 is 0 Å². The zero-order valence-corrected chi connectivity index (χ0v) is 20.4. The predicted octanol–water partition coefficient (Wildman–Crippen LogP) is 3.41. The largest absolute Gasteiger partial charge is 0.379 e. The van der Waals surface area contributed by atoms with E-state index in [1.807, 2.05) is 37.3 Å². The molecule has 10 heteroatoms. The van der Waals surface area contributed by atoms with Crippen LogP contribution in [-0.4, -0.2) is 69.9 Å². The van der Waals surface area contributed by atoms with E-state index in [0.29, 0.717) is 42.5 Å². The summed E-state index contributed by atoms with van der Waals surface area (Å²) in [6, 6.07) is 12.5. The summed E-state index contributed by atoms with van der Waals surface area (Å²) in [6.07, 6.45) is 1.18. The molecule has 0 spiro atoms. The number of nitrogens with zero attached hydrogens (tertiary/aromatic N) is 3. The molecule has 0 bridgehead atoms. The van der Waals surface area contributed by atoms with Crippen LogP contribution in [0.25, 0.3) is 10.2 Å². The molecule has 1 aliphatic rings. The Balaban J connectivity index is 0.00000289. The summed E-state index contributed by atoms with van der Waals surface area (Å²) in [6.45, 7) is 6.14. The summed E-state index contributed by atoms with van der Waals surface area (Å²) >= 11 is 1.33. The molecule has 32 heavy (non-hydrogen) atoms. The Morgan fingerprint density at radius 3 is 2.50 bits per heavy atom. The van der Waals surface area contributed by atoms with Crippen molar-refractivity contribution in [3.05, 3.63) is 53.6 Å². The summed E-state index contributed by atoms with van der Waals surface area (Å²) in [5.74, 6) is -0.145. The molecule has 0 unspecified atom stereocenters. The Kier molecular flexibility index (Phi) is 7.89. The van der Waals surface area contributed by atoms with Crippen molar-refractivity contribution < 1.29 is 17.9 Å². The van der Waals surface area contributed by atoms with Crippen LogP contribution in [0.4, 0.5) is 5.13 Å². The van der Waals surface area contributed by atoms with Crippen LogP contribution in [0.3, 0.4) is 0 Å². The second-order valence-corrected chi connectivity index (χ2v) is 10.6. The number of amides is 1. The van der Waals surface area contributed by atoms with Gasteiger partial charge in [-0.2, -0.15) is 0 Å². The van der Waals surface area contributed by atoms with E-state index in [-0.39, 0.29) is 23.2 Å². The fraction of sp³-hybridized carbons (Fsp3) is 0.364. The van der Waals surface area contributed by atoms with E-state index in [1.165, 1.54) is 17.6 Å². The molecule has 4 rings (SSSR count). The van der Waals surface area contributed by atoms with E-state index in [4.69, 9.17) is 4.74 Å². The Morgan fingerprint density at radius 1 is 1.16 bits per heavy atom. The van der Waals surface area contributed by atoms with Crippen LogP contribution in [0.1, 0.15) is 15.9 Å². The topological polar surface area (TPSA) is 79.8 Å². The quantitative estimate of drug-likeness (QED) is 0.521. The van der Waals surface area contributed by atoms with Gasteiger partial charge in [-0.1, -0.05) is 35.1 Å². The molecule has 7 nitrogen and oxygen atoms in total. The molecule has 1 saturated heterocycles. The summed E-state index contributed by atoms with van der Waals surface area (Å²) < 4.78 is 30.6. The number of hydrogen-bond acceptors (Lipinski definition) is 7. The minimum Gasteiger partial charge on any atom is -0.379 e. The van der Waals surface area contributed by atoms with Gasteiger partial charge in [-0.05, 0) is 31.2 Å². The number of para-hydroxylation sites is 1. The van der Waals surface area contributed by atoms with Crippen molar-refractivity contribution in [2.45, 2.75) is 11.8 Å². The highest BCUT2D eigenvalue weighted by molar-refractivity contribution is 7.91. The number of halogens is 1. The van der Waals surface area contributed by atoms with Crippen LogP contribution in [0.2, 0.25) is 0 Å². The Morgan fingerprint density at radius 2 is 1.84 bits per heavy atom. The lowest BCUT2D eigenvalue weighted by atomic mass is 10.1. The number of aromatic nitrogens is 1. The van der Waals surface area contributed by atoms with E-state index in [9.17, 15) is 13.2 Å². The monoisotopic (exact) mass is 495 g/mol. The molecular formula is C22H26ClN3O4S2. The van der Waals surface area contributed by atoms with Crippen molar-refractivity contribution in [3.8, 4) is 0 Å². The zero-order valence-electron chi connectivity index (χ0n) is 18.0. The molecule has 1 fully saturated rings. The van der Waals surface area contributed by atoms with E-state index in [2.05, 4.69) is 9.88 Å². The smallest absolute Gasteiger partial charge is 0.260 e. The van der Waals surface area contributed by atoms with Crippen molar-refractivity contribution in [2.75, 3.05) is 50.5 Å². The predicted molar refractivity (Wildman–Crippen MR) is 130 cm³/mol. The fourth-order valence-electron chi connectivity index (χ4n) is 3.53. The SMILES string of the molecule is Cc1ccc(C(=O)N(CCN2CCOCC2)c2nc3c(S(C)(=O)=O)cccc3s2)cc1.Cl. The summed E-state index contributed by atoms with van der Waals surface area (Å²) in [5, 5.41) is 0.505. The number of fused-ring (bicyclic) bond motifs is 1. The van der Waals surface area contributed by atoms with E-state index >= 15 is 0 Å². The highest BCUT2D eigenvalue weighted by Gasteiger charge is 2.24. The standard InChI is InChI=1S/C22H25N3O4S2.ClH/c1-16-6-8-17(9-7-16)21(26)25(11-10-24-12-14-29-15-13-24)22-23-20-18(30-22)4-3-5-19(20)31(2,27)28;/h3-9H,10-15H2,1-2H3;1H.